The first-order valence-electron chi connectivity index (χ1n) is 6.02. The van der Waals surface area contributed by atoms with Crippen LogP contribution in [0.3, 0.4) is 0 Å². The molecule has 1 aromatic heterocycles. The molecule has 0 aliphatic heterocycles. The molecule has 0 bridgehead atoms. The summed E-state index contributed by atoms with van der Waals surface area (Å²) in [5.74, 6) is 8.38. The SMILES string of the molecule is C#CCC.C/C=C\N(C)CC#Cc1c[c-]c(N)cn1.[Y]. The molecular weight excluding hydrogens is 323 g/mol. The molecule has 0 saturated heterocycles. The van der Waals surface area contributed by atoms with Crippen molar-refractivity contribution in [1.82, 2.24) is 9.88 Å². The van der Waals surface area contributed by atoms with Crippen LogP contribution < -0.4 is 5.73 Å². The number of nitrogen functional groups attached to an aromatic ring is 1. The van der Waals surface area contributed by atoms with E-state index in [1.807, 2.05) is 38.1 Å². The van der Waals surface area contributed by atoms with Gasteiger partial charge in [-0.05, 0) is 18.8 Å². The van der Waals surface area contributed by atoms with Crippen LogP contribution in [0, 0.1) is 30.3 Å². The van der Waals surface area contributed by atoms with Crippen molar-refractivity contribution in [2.45, 2.75) is 20.3 Å². The molecule has 0 aromatic carbocycles. The van der Waals surface area contributed by atoms with E-state index in [0.29, 0.717) is 17.9 Å². The zero-order chi connectivity index (χ0) is 14.5. The van der Waals surface area contributed by atoms with Gasteiger partial charge in [0.2, 0.25) is 0 Å². The van der Waals surface area contributed by atoms with E-state index >= 15 is 0 Å². The number of pyridine rings is 1. The molecule has 0 spiro atoms. The van der Waals surface area contributed by atoms with Crippen LogP contribution in [0.25, 0.3) is 0 Å². The molecule has 0 saturated carbocycles. The summed E-state index contributed by atoms with van der Waals surface area (Å²) >= 11 is 0. The summed E-state index contributed by atoms with van der Waals surface area (Å²) in [6, 6.07) is 4.54. The smallest absolute Gasteiger partial charge is 0.0778 e. The van der Waals surface area contributed by atoms with Crippen molar-refractivity contribution < 1.29 is 32.7 Å². The van der Waals surface area contributed by atoms with Crippen LogP contribution >= 0.6 is 0 Å². The molecule has 0 atom stereocenters. The number of nitrogens with zero attached hydrogens (tertiary/aromatic N) is 2. The minimum Gasteiger partial charge on any atom is -0.418 e. The molecule has 1 aromatic rings. The zero-order valence-corrected chi connectivity index (χ0v) is 15.2. The van der Waals surface area contributed by atoms with Gasteiger partial charge in [0.15, 0.2) is 0 Å². The Bertz CT molecular complexity index is 475. The maximum absolute atomic E-state index is 5.46. The summed E-state index contributed by atoms with van der Waals surface area (Å²) in [7, 11) is 1.97. The van der Waals surface area contributed by atoms with Crippen LogP contribution in [0.15, 0.2) is 24.5 Å². The molecule has 1 heterocycles. The quantitative estimate of drug-likeness (QED) is 0.662. The van der Waals surface area contributed by atoms with Crippen molar-refractivity contribution in [3.8, 4) is 24.2 Å². The molecule has 3 nitrogen and oxygen atoms in total. The Morgan fingerprint density at radius 2 is 2.20 bits per heavy atom. The van der Waals surface area contributed by atoms with Gasteiger partial charge in [-0.3, -0.25) is 0 Å². The summed E-state index contributed by atoms with van der Waals surface area (Å²) < 4.78 is 0. The molecule has 1 radical (unpaired) electrons. The minimum absolute atomic E-state index is 0. The molecule has 1 rings (SSSR count). The predicted octanol–water partition coefficient (Wildman–Crippen LogP) is 2.31. The van der Waals surface area contributed by atoms with Crippen molar-refractivity contribution in [2.75, 3.05) is 19.3 Å². The number of terminal acetylenes is 1. The molecule has 0 unspecified atom stereocenters. The molecule has 0 amide bonds. The average Bonchev–Trinajstić information content (AvgIpc) is 2.42. The number of hydrogen-bond acceptors (Lipinski definition) is 3. The van der Waals surface area contributed by atoms with Crippen LogP contribution in [-0.4, -0.2) is 23.5 Å². The van der Waals surface area contributed by atoms with Crippen LogP contribution in [0.4, 0.5) is 5.69 Å². The summed E-state index contributed by atoms with van der Waals surface area (Å²) in [5.41, 5.74) is 6.69. The van der Waals surface area contributed by atoms with Crippen molar-refractivity contribution >= 4 is 5.69 Å². The summed E-state index contributed by atoms with van der Waals surface area (Å²) in [6.07, 6.45) is 11.1. The van der Waals surface area contributed by atoms with Gasteiger partial charge in [0.25, 0.3) is 0 Å². The fourth-order valence-electron chi connectivity index (χ4n) is 0.996. The first-order chi connectivity index (χ1) is 9.13. The zero-order valence-electron chi connectivity index (χ0n) is 12.4. The Balaban J connectivity index is 0. The van der Waals surface area contributed by atoms with E-state index in [2.05, 4.69) is 28.8 Å². The third-order valence-electron chi connectivity index (χ3n) is 1.87. The van der Waals surface area contributed by atoms with E-state index in [4.69, 9.17) is 12.2 Å². The number of anilines is 1. The second-order valence-corrected chi connectivity index (χ2v) is 3.64. The number of aromatic nitrogens is 1. The number of nitrogens with two attached hydrogens (primary N) is 1. The number of rotatable bonds is 2. The van der Waals surface area contributed by atoms with Gasteiger partial charge < -0.3 is 15.6 Å². The molecule has 0 fully saturated rings. The molecule has 103 valence electrons. The van der Waals surface area contributed by atoms with Crippen LogP contribution in [0.1, 0.15) is 26.0 Å². The third-order valence-corrected chi connectivity index (χ3v) is 1.87. The fraction of sp³-hybridized carbons (Fsp3) is 0.312. The van der Waals surface area contributed by atoms with Gasteiger partial charge in [0, 0.05) is 46.2 Å². The Morgan fingerprint density at radius 1 is 1.55 bits per heavy atom. The largest absolute Gasteiger partial charge is 0.418 e. The maximum Gasteiger partial charge on any atom is 0.0778 e. The molecular formula is C16H20N3Y-. The molecule has 20 heavy (non-hydrogen) atoms. The van der Waals surface area contributed by atoms with Crippen LogP contribution in [-0.2, 0) is 32.7 Å². The van der Waals surface area contributed by atoms with Gasteiger partial charge >= 0.3 is 0 Å². The van der Waals surface area contributed by atoms with E-state index in [1.54, 1.807) is 12.3 Å². The van der Waals surface area contributed by atoms with Crippen molar-refractivity contribution in [3.05, 3.63) is 36.3 Å². The van der Waals surface area contributed by atoms with E-state index in [0.717, 1.165) is 6.42 Å². The Labute approximate surface area is 147 Å². The summed E-state index contributed by atoms with van der Waals surface area (Å²) in [4.78, 5) is 6.05. The summed E-state index contributed by atoms with van der Waals surface area (Å²) in [5, 5.41) is 0. The van der Waals surface area contributed by atoms with Crippen LogP contribution in [0.2, 0.25) is 0 Å². The van der Waals surface area contributed by atoms with Gasteiger partial charge in [0.05, 0.1) is 6.54 Å². The minimum atomic E-state index is 0. The van der Waals surface area contributed by atoms with Gasteiger partial charge in [-0.15, -0.1) is 24.3 Å². The summed E-state index contributed by atoms with van der Waals surface area (Å²) in [6.45, 7) is 4.59. The Morgan fingerprint density at radius 3 is 2.65 bits per heavy atom. The third kappa shape index (κ3) is 11.8. The second-order valence-electron chi connectivity index (χ2n) is 3.64. The molecule has 4 heteroatoms. The predicted molar refractivity (Wildman–Crippen MR) is 80.9 cm³/mol. The average molecular weight is 343 g/mol. The topological polar surface area (TPSA) is 42.1 Å². The monoisotopic (exact) mass is 343 g/mol. The standard InChI is InChI=1S/C12H14N3.C4H6.Y/c1-3-8-15(2)9-4-5-12-7-6-11(13)10-14-12;1-3-4-2;/h3,7-8,10H,9,13H2,1-2H3;1H,4H2,2H3;/q-1;;/b8-3-;;. The number of hydrogen-bond donors (Lipinski definition) is 1. The van der Waals surface area contributed by atoms with Crippen molar-refractivity contribution in [1.29, 1.82) is 0 Å². The number of allylic oxidation sites excluding steroid dienone is 1. The van der Waals surface area contributed by atoms with Gasteiger partial charge in [-0.2, -0.15) is 6.07 Å². The van der Waals surface area contributed by atoms with E-state index in [-0.39, 0.29) is 32.7 Å². The first kappa shape index (κ1) is 21.0. The van der Waals surface area contributed by atoms with E-state index < -0.39 is 0 Å². The Kier molecular flexibility index (Phi) is 14.9. The molecule has 0 aliphatic rings. The van der Waals surface area contributed by atoms with Crippen molar-refractivity contribution in [2.24, 2.45) is 0 Å². The fourth-order valence-corrected chi connectivity index (χ4v) is 0.996. The van der Waals surface area contributed by atoms with E-state index in [1.165, 1.54) is 0 Å². The normalized spacial score (nSPS) is 8.30. The molecule has 2 N–H and O–H groups in total. The Hall–Kier alpha value is -1.29. The van der Waals surface area contributed by atoms with Gasteiger partial charge in [-0.1, -0.05) is 30.8 Å². The van der Waals surface area contributed by atoms with Gasteiger partial charge in [0.1, 0.15) is 0 Å². The first-order valence-corrected chi connectivity index (χ1v) is 6.02. The molecule has 0 aliphatic carbocycles. The van der Waals surface area contributed by atoms with E-state index in [9.17, 15) is 0 Å². The van der Waals surface area contributed by atoms with Crippen LogP contribution in [0.5, 0.6) is 0 Å². The maximum atomic E-state index is 5.46. The van der Waals surface area contributed by atoms with Gasteiger partial charge in [-0.25, -0.2) is 0 Å². The second kappa shape index (κ2) is 14.1. The van der Waals surface area contributed by atoms with Crippen molar-refractivity contribution in [3.63, 3.8) is 0 Å².